The van der Waals surface area contributed by atoms with E-state index < -0.39 is 0 Å². The Bertz CT molecular complexity index is 475. The van der Waals surface area contributed by atoms with Gasteiger partial charge in [-0.05, 0) is 58.3 Å². The van der Waals surface area contributed by atoms with Crippen LogP contribution in [0, 0.1) is 6.92 Å². The maximum Gasteiger partial charge on any atom is 0.133 e. The molecule has 20 heavy (non-hydrogen) atoms. The molecule has 0 radical (unpaired) electrons. The number of aryl methyl sites for hydroxylation is 2. The third-order valence-electron chi connectivity index (χ3n) is 4.60. The van der Waals surface area contributed by atoms with Gasteiger partial charge in [-0.15, -0.1) is 0 Å². The van der Waals surface area contributed by atoms with Gasteiger partial charge in [-0.2, -0.15) is 0 Å². The Balaban J connectivity index is 1.78. The highest BCUT2D eigenvalue weighted by Gasteiger charge is 2.24. The van der Waals surface area contributed by atoms with Gasteiger partial charge in [0.1, 0.15) is 11.6 Å². The monoisotopic (exact) mass is 275 g/mol. The molecule has 2 atom stereocenters. The highest BCUT2D eigenvalue weighted by atomic mass is 16.5. The number of methoxy groups -OCH3 is 1. The van der Waals surface area contributed by atoms with E-state index in [2.05, 4.69) is 15.3 Å². The molecule has 1 N–H and O–H groups in total. The van der Waals surface area contributed by atoms with E-state index in [9.17, 15) is 0 Å². The minimum Gasteiger partial charge on any atom is -0.381 e. The quantitative estimate of drug-likeness (QED) is 0.921. The fourth-order valence-corrected chi connectivity index (χ4v) is 3.52. The third kappa shape index (κ3) is 2.95. The van der Waals surface area contributed by atoms with E-state index in [4.69, 9.17) is 4.74 Å². The molecular weight excluding hydrogens is 250 g/mol. The molecule has 0 amide bonds. The SMILES string of the molecule is COC1CCCC(Nc2nc(C)nc3c2CCCC3)C1. The zero-order valence-corrected chi connectivity index (χ0v) is 12.6. The molecule has 4 heteroatoms. The summed E-state index contributed by atoms with van der Waals surface area (Å²) in [5, 5.41) is 3.68. The van der Waals surface area contributed by atoms with Crippen LogP contribution in [-0.2, 0) is 17.6 Å². The van der Waals surface area contributed by atoms with Gasteiger partial charge in [0, 0.05) is 24.4 Å². The Morgan fingerprint density at radius 1 is 1.10 bits per heavy atom. The van der Waals surface area contributed by atoms with Crippen molar-refractivity contribution >= 4 is 5.82 Å². The molecule has 3 rings (SSSR count). The molecule has 0 spiro atoms. The first kappa shape index (κ1) is 13.8. The van der Waals surface area contributed by atoms with Crippen LogP contribution >= 0.6 is 0 Å². The molecule has 2 unspecified atom stereocenters. The van der Waals surface area contributed by atoms with E-state index in [-0.39, 0.29) is 0 Å². The summed E-state index contributed by atoms with van der Waals surface area (Å²) in [6.45, 7) is 2.00. The van der Waals surface area contributed by atoms with Crippen LogP contribution in [0.3, 0.4) is 0 Å². The van der Waals surface area contributed by atoms with Crippen molar-refractivity contribution in [2.75, 3.05) is 12.4 Å². The second-order valence-electron chi connectivity index (χ2n) is 6.12. The number of hydrogen-bond donors (Lipinski definition) is 1. The molecule has 1 fully saturated rings. The minimum absolute atomic E-state index is 0.403. The topological polar surface area (TPSA) is 47.0 Å². The van der Waals surface area contributed by atoms with Gasteiger partial charge in [0.2, 0.25) is 0 Å². The third-order valence-corrected chi connectivity index (χ3v) is 4.60. The van der Waals surface area contributed by atoms with Crippen molar-refractivity contribution in [2.45, 2.75) is 70.4 Å². The molecule has 0 aromatic carbocycles. The van der Waals surface area contributed by atoms with Gasteiger partial charge in [0.05, 0.1) is 6.10 Å². The Labute approximate surface area is 121 Å². The van der Waals surface area contributed by atoms with Gasteiger partial charge in [-0.3, -0.25) is 0 Å². The molecule has 2 aliphatic carbocycles. The Morgan fingerprint density at radius 3 is 2.80 bits per heavy atom. The predicted octanol–water partition coefficient (Wildman–Crippen LogP) is 3.03. The van der Waals surface area contributed by atoms with Gasteiger partial charge in [0.15, 0.2) is 0 Å². The molecule has 0 aliphatic heterocycles. The maximum atomic E-state index is 5.52. The van der Waals surface area contributed by atoms with E-state index >= 15 is 0 Å². The first-order valence-electron chi connectivity index (χ1n) is 7.92. The molecule has 2 aliphatic rings. The lowest BCUT2D eigenvalue weighted by Crippen LogP contribution is -2.32. The van der Waals surface area contributed by atoms with E-state index in [0.29, 0.717) is 12.1 Å². The fraction of sp³-hybridized carbons (Fsp3) is 0.750. The van der Waals surface area contributed by atoms with Crippen molar-refractivity contribution in [3.05, 3.63) is 17.1 Å². The average Bonchev–Trinajstić information content (AvgIpc) is 2.47. The molecule has 1 aromatic rings. The number of nitrogens with one attached hydrogen (secondary N) is 1. The molecule has 0 bridgehead atoms. The van der Waals surface area contributed by atoms with Crippen LogP contribution in [0.1, 0.15) is 55.6 Å². The Morgan fingerprint density at radius 2 is 1.95 bits per heavy atom. The van der Waals surface area contributed by atoms with Crippen molar-refractivity contribution in [1.29, 1.82) is 0 Å². The number of nitrogens with zero attached hydrogens (tertiary/aromatic N) is 2. The molecule has 1 aromatic heterocycles. The average molecular weight is 275 g/mol. The fourth-order valence-electron chi connectivity index (χ4n) is 3.52. The Kier molecular flexibility index (Phi) is 4.20. The van der Waals surface area contributed by atoms with Crippen molar-refractivity contribution in [3.8, 4) is 0 Å². The second kappa shape index (κ2) is 6.08. The van der Waals surface area contributed by atoms with Gasteiger partial charge < -0.3 is 10.1 Å². The first-order valence-corrected chi connectivity index (χ1v) is 7.92. The normalized spacial score (nSPS) is 26.1. The van der Waals surface area contributed by atoms with Crippen LogP contribution < -0.4 is 5.32 Å². The van der Waals surface area contributed by atoms with Crippen LogP contribution in [0.5, 0.6) is 0 Å². The van der Waals surface area contributed by atoms with E-state index in [0.717, 1.165) is 30.9 Å². The van der Waals surface area contributed by atoms with Crippen LogP contribution in [0.25, 0.3) is 0 Å². The van der Waals surface area contributed by atoms with Crippen LogP contribution in [0.15, 0.2) is 0 Å². The van der Waals surface area contributed by atoms with E-state index in [1.54, 1.807) is 0 Å². The number of fused-ring (bicyclic) bond motifs is 1. The van der Waals surface area contributed by atoms with Crippen molar-refractivity contribution in [1.82, 2.24) is 9.97 Å². The summed E-state index contributed by atoms with van der Waals surface area (Å²) in [6, 6.07) is 0.494. The molecule has 4 nitrogen and oxygen atoms in total. The largest absolute Gasteiger partial charge is 0.381 e. The smallest absolute Gasteiger partial charge is 0.133 e. The van der Waals surface area contributed by atoms with Crippen molar-refractivity contribution in [2.24, 2.45) is 0 Å². The molecular formula is C16H25N3O. The molecule has 1 saturated carbocycles. The number of rotatable bonds is 3. The standard InChI is InChI=1S/C16H25N3O/c1-11-17-15-9-4-3-8-14(15)16(18-11)19-12-6-5-7-13(10-12)20-2/h12-13H,3-10H2,1-2H3,(H,17,18,19). The second-order valence-corrected chi connectivity index (χ2v) is 6.12. The highest BCUT2D eigenvalue weighted by Crippen LogP contribution is 2.29. The summed E-state index contributed by atoms with van der Waals surface area (Å²) in [4.78, 5) is 9.29. The van der Waals surface area contributed by atoms with Gasteiger partial charge in [-0.25, -0.2) is 9.97 Å². The molecule has 0 saturated heterocycles. The number of aromatic nitrogens is 2. The highest BCUT2D eigenvalue weighted by molar-refractivity contribution is 5.48. The lowest BCUT2D eigenvalue weighted by atomic mass is 9.92. The van der Waals surface area contributed by atoms with Crippen LogP contribution in [0.2, 0.25) is 0 Å². The lowest BCUT2D eigenvalue weighted by Gasteiger charge is -2.30. The summed E-state index contributed by atoms with van der Waals surface area (Å²) in [7, 11) is 1.82. The predicted molar refractivity (Wildman–Crippen MR) is 80.1 cm³/mol. The maximum absolute atomic E-state index is 5.52. The van der Waals surface area contributed by atoms with Gasteiger partial charge in [0.25, 0.3) is 0 Å². The van der Waals surface area contributed by atoms with Crippen LogP contribution in [0.4, 0.5) is 5.82 Å². The zero-order valence-electron chi connectivity index (χ0n) is 12.6. The summed E-state index contributed by atoms with van der Waals surface area (Å²) < 4.78 is 5.52. The zero-order chi connectivity index (χ0) is 13.9. The number of anilines is 1. The Hall–Kier alpha value is -1.16. The van der Waals surface area contributed by atoms with Crippen molar-refractivity contribution < 1.29 is 4.74 Å². The summed E-state index contributed by atoms with van der Waals surface area (Å²) in [5.74, 6) is 1.99. The summed E-state index contributed by atoms with van der Waals surface area (Å²) >= 11 is 0. The summed E-state index contributed by atoms with van der Waals surface area (Å²) in [6.07, 6.45) is 9.90. The summed E-state index contributed by atoms with van der Waals surface area (Å²) in [5.41, 5.74) is 2.63. The molecule has 110 valence electrons. The minimum atomic E-state index is 0.403. The van der Waals surface area contributed by atoms with Gasteiger partial charge in [-0.1, -0.05) is 0 Å². The van der Waals surface area contributed by atoms with E-state index in [1.165, 1.54) is 43.4 Å². The number of hydrogen-bond acceptors (Lipinski definition) is 4. The first-order chi connectivity index (χ1) is 9.76. The lowest BCUT2D eigenvalue weighted by molar-refractivity contribution is 0.0669. The van der Waals surface area contributed by atoms with E-state index in [1.807, 2.05) is 14.0 Å². The van der Waals surface area contributed by atoms with Crippen molar-refractivity contribution in [3.63, 3.8) is 0 Å². The molecule has 1 heterocycles. The van der Waals surface area contributed by atoms with Gasteiger partial charge >= 0.3 is 0 Å². The number of ether oxygens (including phenoxy) is 1. The van der Waals surface area contributed by atoms with Crippen LogP contribution in [-0.4, -0.2) is 29.2 Å².